The summed E-state index contributed by atoms with van der Waals surface area (Å²) in [6.45, 7) is 20.2. The highest BCUT2D eigenvalue weighted by Gasteiger charge is 2.22. The number of rotatable bonds is 10. The summed E-state index contributed by atoms with van der Waals surface area (Å²) >= 11 is 6.68. The Bertz CT molecular complexity index is 2090. The van der Waals surface area contributed by atoms with Gasteiger partial charge in [-0.25, -0.2) is 24.3 Å². The predicted octanol–water partition coefficient (Wildman–Crippen LogP) is 11.6. The summed E-state index contributed by atoms with van der Waals surface area (Å²) in [5.74, 6) is 1.71. The zero-order valence-electron chi connectivity index (χ0n) is 32.8. The van der Waals surface area contributed by atoms with E-state index in [9.17, 15) is 4.39 Å². The summed E-state index contributed by atoms with van der Waals surface area (Å²) in [5.41, 5.74) is 3.05. The zero-order chi connectivity index (χ0) is 39.5. The Morgan fingerprint density at radius 1 is 0.611 bits per heavy atom. The second-order valence-electron chi connectivity index (χ2n) is 15.1. The third-order valence-electron chi connectivity index (χ3n) is 7.32. The SMILES string of the molecule is COc1ccc2c(OC(C)(C)C)cc(-c3csc(NC(C)C)n3)nc2c1Br.COc1ccc2c(OC(C)(C)C)cc(-c3csc(NC(C)C)n3)nc2c1F. The van der Waals surface area contributed by atoms with Crippen molar-refractivity contribution in [2.24, 2.45) is 0 Å². The number of aromatic nitrogens is 4. The van der Waals surface area contributed by atoms with Crippen molar-refractivity contribution in [1.29, 1.82) is 0 Å². The number of hydrogen-bond donors (Lipinski definition) is 2. The fraction of sp³-hybridized carbons (Fsp3) is 0.400. The van der Waals surface area contributed by atoms with Gasteiger partial charge in [-0.2, -0.15) is 0 Å². The average molecular weight is 840 g/mol. The third-order valence-corrected chi connectivity index (χ3v) is 9.64. The van der Waals surface area contributed by atoms with Crippen molar-refractivity contribution >= 4 is 70.7 Å². The molecule has 0 saturated carbocycles. The van der Waals surface area contributed by atoms with Crippen LogP contribution in [-0.4, -0.2) is 57.4 Å². The molecule has 0 bridgehead atoms. The molecule has 54 heavy (non-hydrogen) atoms. The van der Waals surface area contributed by atoms with E-state index in [1.165, 1.54) is 18.4 Å². The molecule has 14 heteroatoms. The summed E-state index contributed by atoms with van der Waals surface area (Å²) in [7, 11) is 3.08. The number of methoxy groups -OCH3 is 2. The summed E-state index contributed by atoms with van der Waals surface area (Å²) < 4.78 is 38.6. The van der Waals surface area contributed by atoms with Gasteiger partial charge < -0.3 is 29.6 Å². The number of hydrogen-bond acceptors (Lipinski definition) is 12. The second kappa shape index (κ2) is 16.6. The number of anilines is 2. The van der Waals surface area contributed by atoms with Crippen molar-refractivity contribution in [3.63, 3.8) is 0 Å². The molecule has 4 heterocycles. The smallest absolute Gasteiger partial charge is 0.191 e. The van der Waals surface area contributed by atoms with E-state index in [-0.39, 0.29) is 22.9 Å². The van der Waals surface area contributed by atoms with Gasteiger partial charge in [-0.15, -0.1) is 22.7 Å². The normalized spacial score (nSPS) is 11.9. The maximum atomic E-state index is 14.9. The molecule has 0 aliphatic rings. The molecule has 0 spiro atoms. The Kier molecular flexibility index (Phi) is 12.6. The summed E-state index contributed by atoms with van der Waals surface area (Å²) in [5, 5.41) is 13.7. The van der Waals surface area contributed by atoms with Crippen LogP contribution in [0.3, 0.4) is 0 Å². The summed E-state index contributed by atoms with van der Waals surface area (Å²) in [6, 6.07) is 11.6. The highest BCUT2D eigenvalue weighted by atomic mass is 79.9. The molecule has 0 unspecified atom stereocenters. The van der Waals surface area contributed by atoms with Crippen molar-refractivity contribution < 1.29 is 23.3 Å². The molecule has 2 aromatic carbocycles. The lowest BCUT2D eigenvalue weighted by Gasteiger charge is -2.23. The Labute approximate surface area is 333 Å². The number of fused-ring (bicyclic) bond motifs is 2. The number of ether oxygens (including phenoxy) is 4. The minimum atomic E-state index is -0.508. The van der Waals surface area contributed by atoms with Gasteiger partial charge in [0.15, 0.2) is 21.8 Å². The minimum absolute atomic E-state index is 0.147. The molecule has 0 aliphatic heterocycles. The van der Waals surface area contributed by atoms with E-state index >= 15 is 0 Å². The molecule has 0 fully saturated rings. The van der Waals surface area contributed by atoms with E-state index in [0.29, 0.717) is 28.6 Å². The fourth-order valence-corrected chi connectivity index (χ4v) is 7.53. The molecule has 6 aromatic rings. The van der Waals surface area contributed by atoms with E-state index in [4.69, 9.17) is 23.9 Å². The maximum absolute atomic E-state index is 14.9. The highest BCUT2D eigenvalue weighted by molar-refractivity contribution is 9.10. The number of thiazole rings is 2. The standard InChI is InChI=1S/C20H24BrN3O2S.C20H24FN3O2S/c2*1-11(2)22-19-24-14(10-27-19)13-9-16(26-20(3,4)5)12-7-8-15(25-6)17(21)18(12)23-13/h2*7-11H,1-6H3,(H,22,24). The van der Waals surface area contributed by atoms with Gasteiger partial charge in [-0.05, 0) is 109 Å². The van der Waals surface area contributed by atoms with Crippen LogP contribution in [0, 0.1) is 5.82 Å². The van der Waals surface area contributed by atoms with E-state index in [1.807, 2.05) is 90.4 Å². The molecule has 0 amide bonds. The molecular weight excluding hydrogens is 792 g/mol. The lowest BCUT2D eigenvalue weighted by atomic mass is 10.1. The van der Waals surface area contributed by atoms with E-state index < -0.39 is 11.4 Å². The van der Waals surface area contributed by atoms with Crippen molar-refractivity contribution in [1.82, 2.24) is 19.9 Å². The first-order chi connectivity index (χ1) is 25.3. The Morgan fingerprint density at radius 2 is 1.04 bits per heavy atom. The topological polar surface area (TPSA) is 113 Å². The number of benzene rings is 2. The largest absolute Gasteiger partial charge is 0.495 e. The van der Waals surface area contributed by atoms with Crippen LogP contribution in [0.1, 0.15) is 69.2 Å². The molecule has 6 rings (SSSR count). The van der Waals surface area contributed by atoms with Crippen molar-refractivity contribution in [3.8, 4) is 45.8 Å². The van der Waals surface area contributed by atoms with E-state index in [2.05, 4.69) is 55.4 Å². The van der Waals surface area contributed by atoms with Gasteiger partial charge in [0, 0.05) is 45.7 Å². The predicted molar refractivity (Wildman–Crippen MR) is 225 cm³/mol. The summed E-state index contributed by atoms with van der Waals surface area (Å²) in [6.07, 6.45) is 0. The molecule has 4 aromatic heterocycles. The van der Waals surface area contributed by atoms with Crippen molar-refractivity contribution in [2.45, 2.75) is 92.5 Å². The van der Waals surface area contributed by atoms with Crippen LogP contribution in [-0.2, 0) is 0 Å². The van der Waals surface area contributed by atoms with E-state index in [1.54, 1.807) is 30.6 Å². The second-order valence-corrected chi connectivity index (χ2v) is 17.6. The number of nitrogens with zero attached hydrogens (tertiary/aromatic N) is 4. The monoisotopic (exact) mass is 838 g/mol. The molecule has 0 radical (unpaired) electrons. The summed E-state index contributed by atoms with van der Waals surface area (Å²) in [4.78, 5) is 18.6. The van der Waals surface area contributed by atoms with Gasteiger partial charge in [0.05, 0.1) is 35.6 Å². The molecule has 0 aliphatic carbocycles. The van der Waals surface area contributed by atoms with Crippen LogP contribution >= 0.6 is 38.6 Å². The van der Waals surface area contributed by atoms with Gasteiger partial charge in [-0.1, -0.05) is 0 Å². The molecule has 0 saturated heterocycles. The van der Waals surface area contributed by atoms with Gasteiger partial charge >= 0.3 is 0 Å². The van der Waals surface area contributed by atoms with Crippen LogP contribution in [0.5, 0.6) is 23.0 Å². The molecule has 10 nitrogen and oxygen atoms in total. The Balaban J connectivity index is 0.000000208. The minimum Gasteiger partial charge on any atom is -0.495 e. The molecular formula is C40H48BrFN6O4S2. The maximum Gasteiger partial charge on any atom is 0.191 e. The lowest BCUT2D eigenvalue weighted by molar-refractivity contribution is 0.132. The molecule has 288 valence electrons. The number of nitrogens with one attached hydrogen (secondary N) is 2. The Hall–Kier alpha value is -4.27. The fourth-order valence-electron chi connectivity index (χ4n) is 5.23. The molecule has 2 N–H and O–H groups in total. The van der Waals surface area contributed by atoms with Crippen LogP contribution in [0.15, 0.2) is 51.6 Å². The van der Waals surface area contributed by atoms with Crippen molar-refractivity contribution in [3.05, 3.63) is 57.4 Å². The quantitative estimate of drug-likeness (QED) is 0.138. The van der Waals surface area contributed by atoms with Crippen LogP contribution in [0.4, 0.5) is 14.7 Å². The average Bonchev–Trinajstić information content (AvgIpc) is 3.74. The number of pyridine rings is 2. The van der Waals surface area contributed by atoms with Crippen LogP contribution in [0.25, 0.3) is 44.6 Å². The van der Waals surface area contributed by atoms with Crippen molar-refractivity contribution in [2.75, 3.05) is 24.9 Å². The third kappa shape index (κ3) is 10.1. The highest BCUT2D eigenvalue weighted by Crippen LogP contribution is 2.40. The molecule has 0 atom stereocenters. The Morgan fingerprint density at radius 3 is 1.46 bits per heavy atom. The van der Waals surface area contributed by atoms with E-state index in [0.717, 1.165) is 48.5 Å². The first kappa shape index (κ1) is 40.9. The van der Waals surface area contributed by atoms with Crippen LogP contribution in [0.2, 0.25) is 0 Å². The van der Waals surface area contributed by atoms with Gasteiger partial charge in [0.1, 0.15) is 45.4 Å². The first-order valence-electron chi connectivity index (χ1n) is 17.5. The van der Waals surface area contributed by atoms with Gasteiger partial charge in [-0.3, -0.25) is 0 Å². The zero-order valence-corrected chi connectivity index (χ0v) is 36.0. The van der Waals surface area contributed by atoms with Crippen LogP contribution < -0.4 is 29.6 Å². The van der Waals surface area contributed by atoms with Gasteiger partial charge in [0.25, 0.3) is 0 Å². The lowest BCUT2D eigenvalue weighted by Crippen LogP contribution is -2.23. The first-order valence-corrected chi connectivity index (χ1v) is 20.1. The number of halogens is 2. The van der Waals surface area contributed by atoms with Gasteiger partial charge in [0.2, 0.25) is 0 Å².